The first kappa shape index (κ1) is 17.7. The number of carbonyl (C=O) groups is 1. The standard InChI is InChI=1S/C20H22N4O2/c1-13(2)19-23-18(26-24-19)12-21-16-10-7-11-17(14(16)3)22-20(25)15-8-5-4-6-9-15/h4-11,13,21H,12H2,1-3H3,(H,22,25). The summed E-state index contributed by atoms with van der Waals surface area (Å²) in [5.41, 5.74) is 3.23. The maximum absolute atomic E-state index is 12.4. The number of rotatable bonds is 6. The van der Waals surface area contributed by atoms with Crippen molar-refractivity contribution in [3.63, 3.8) is 0 Å². The van der Waals surface area contributed by atoms with E-state index in [0.29, 0.717) is 23.8 Å². The molecule has 0 unspecified atom stereocenters. The van der Waals surface area contributed by atoms with Crippen LogP contribution in [0.3, 0.4) is 0 Å². The Balaban J connectivity index is 1.69. The number of anilines is 2. The molecule has 3 rings (SSSR count). The van der Waals surface area contributed by atoms with Crippen LogP contribution < -0.4 is 10.6 Å². The first-order valence-electron chi connectivity index (χ1n) is 8.57. The SMILES string of the molecule is Cc1c(NCc2nc(C(C)C)no2)cccc1NC(=O)c1ccccc1. The molecule has 3 aromatic rings. The van der Waals surface area contributed by atoms with Crippen molar-refractivity contribution in [2.45, 2.75) is 33.2 Å². The molecule has 0 spiro atoms. The molecule has 2 aromatic carbocycles. The summed E-state index contributed by atoms with van der Waals surface area (Å²) in [7, 11) is 0. The van der Waals surface area contributed by atoms with E-state index in [1.165, 1.54) is 0 Å². The monoisotopic (exact) mass is 350 g/mol. The van der Waals surface area contributed by atoms with Crippen LogP contribution in [0.4, 0.5) is 11.4 Å². The van der Waals surface area contributed by atoms with Gasteiger partial charge in [0.05, 0.1) is 6.54 Å². The molecule has 0 aliphatic heterocycles. The molecule has 0 aliphatic carbocycles. The Morgan fingerprint density at radius 2 is 1.81 bits per heavy atom. The fourth-order valence-corrected chi connectivity index (χ4v) is 2.49. The number of carbonyl (C=O) groups excluding carboxylic acids is 1. The normalized spacial score (nSPS) is 10.8. The molecule has 1 amide bonds. The molecule has 0 saturated heterocycles. The van der Waals surface area contributed by atoms with Gasteiger partial charge in [0.2, 0.25) is 5.89 Å². The average Bonchev–Trinajstić information content (AvgIpc) is 3.12. The number of hydrogen-bond acceptors (Lipinski definition) is 5. The van der Waals surface area contributed by atoms with Crippen LogP contribution in [0.5, 0.6) is 0 Å². The first-order valence-corrected chi connectivity index (χ1v) is 8.57. The van der Waals surface area contributed by atoms with Gasteiger partial charge in [-0.1, -0.05) is 43.3 Å². The zero-order chi connectivity index (χ0) is 18.5. The second-order valence-corrected chi connectivity index (χ2v) is 6.35. The van der Waals surface area contributed by atoms with Crippen molar-refractivity contribution in [3.05, 3.63) is 71.4 Å². The van der Waals surface area contributed by atoms with Gasteiger partial charge >= 0.3 is 0 Å². The summed E-state index contributed by atoms with van der Waals surface area (Å²) in [5.74, 6) is 1.32. The Kier molecular flexibility index (Phi) is 5.31. The lowest BCUT2D eigenvalue weighted by molar-refractivity contribution is 0.102. The van der Waals surface area contributed by atoms with Gasteiger partial charge in [0, 0.05) is 22.9 Å². The van der Waals surface area contributed by atoms with E-state index in [1.54, 1.807) is 12.1 Å². The van der Waals surface area contributed by atoms with Crippen LogP contribution in [0.1, 0.15) is 47.4 Å². The summed E-state index contributed by atoms with van der Waals surface area (Å²) in [6.07, 6.45) is 0. The second kappa shape index (κ2) is 7.82. The van der Waals surface area contributed by atoms with E-state index in [9.17, 15) is 4.79 Å². The lowest BCUT2D eigenvalue weighted by Crippen LogP contribution is -2.13. The van der Waals surface area contributed by atoms with E-state index in [0.717, 1.165) is 16.9 Å². The number of nitrogens with one attached hydrogen (secondary N) is 2. The van der Waals surface area contributed by atoms with Gasteiger partial charge in [0.25, 0.3) is 5.91 Å². The van der Waals surface area contributed by atoms with E-state index in [-0.39, 0.29) is 11.8 Å². The minimum absolute atomic E-state index is 0.135. The zero-order valence-electron chi connectivity index (χ0n) is 15.1. The summed E-state index contributed by atoms with van der Waals surface area (Å²) < 4.78 is 5.25. The number of aromatic nitrogens is 2. The minimum atomic E-state index is -0.135. The molecule has 0 saturated carbocycles. The van der Waals surface area contributed by atoms with Crippen LogP contribution in [-0.4, -0.2) is 16.0 Å². The van der Waals surface area contributed by atoms with Gasteiger partial charge in [-0.25, -0.2) is 0 Å². The highest BCUT2D eigenvalue weighted by atomic mass is 16.5. The number of benzene rings is 2. The van der Waals surface area contributed by atoms with Crippen molar-refractivity contribution in [1.82, 2.24) is 10.1 Å². The van der Waals surface area contributed by atoms with Gasteiger partial charge in [-0.3, -0.25) is 4.79 Å². The molecule has 0 aliphatic rings. The van der Waals surface area contributed by atoms with Gasteiger partial charge < -0.3 is 15.2 Å². The molecule has 1 aromatic heterocycles. The number of hydrogen-bond donors (Lipinski definition) is 2. The fraction of sp³-hybridized carbons (Fsp3) is 0.250. The van der Waals surface area contributed by atoms with Gasteiger partial charge in [-0.2, -0.15) is 4.98 Å². The lowest BCUT2D eigenvalue weighted by atomic mass is 10.1. The molecule has 0 bridgehead atoms. The fourth-order valence-electron chi connectivity index (χ4n) is 2.49. The van der Waals surface area contributed by atoms with Gasteiger partial charge in [-0.15, -0.1) is 0 Å². The molecule has 0 atom stereocenters. The quantitative estimate of drug-likeness (QED) is 0.690. The molecule has 0 fully saturated rings. The van der Waals surface area contributed by atoms with Crippen LogP contribution in [-0.2, 0) is 6.54 Å². The molecule has 0 radical (unpaired) electrons. The van der Waals surface area contributed by atoms with Crippen molar-refractivity contribution in [2.24, 2.45) is 0 Å². The average molecular weight is 350 g/mol. The molecular weight excluding hydrogens is 328 g/mol. The van der Waals surface area contributed by atoms with Crippen LogP contribution in [0.25, 0.3) is 0 Å². The topological polar surface area (TPSA) is 80.1 Å². The summed E-state index contributed by atoms with van der Waals surface area (Å²) in [6, 6.07) is 14.9. The van der Waals surface area contributed by atoms with E-state index >= 15 is 0 Å². The summed E-state index contributed by atoms with van der Waals surface area (Å²) in [6.45, 7) is 6.42. The molecule has 26 heavy (non-hydrogen) atoms. The molecular formula is C20H22N4O2. The molecule has 2 N–H and O–H groups in total. The van der Waals surface area contributed by atoms with Crippen molar-refractivity contribution >= 4 is 17.3 Å². The molecule has 6 nitrogen and oxygen atoms in total. The van der Waals surface area contributed by atoms with Crippen molar-refractivity contribution < 1.29 is 9.32 Å². The zero-order valence-corrected chi connectivity index (χ0v) is 15.1. The Hall–Kier alpha value is -3.15. The van der Waals surface area contributed by atoms with E-state index in [1.807, 2.05) is 57.2 Å². The third-order valence-electron chi connectivity index (χ3n) is 4.05. The summed E-state index contributed by atoms with van der Waals surface area (Å²) in [4.78, 5) is 16.7. The van der Waals surface area contributed by atoms with E-state index in [4.69, 9.17) is 4.52 Å². The highest BCUT2D eigenvalue weighted by Crippen LogP contribution is 2.24. The van der Waals surface area contributed by atoms with Crippen molar-refractivity contribution in [2.75, 3.05) is 10.6 Å². The largest absolute Gasteiger partial charge is 0.376 e. The molecule has 6 heteroatoms. The molecule has 1 heterocycles. The highest BCUT2D eigenvalue weighted by Gasteiger charge is 2.12. The Labute approximate surface area is 152 Å². The minimum Gasteiger partial charge on any atom is -0.376 e. The predicted molar refractivity (Wildman–Crippen MR) is 101 cm³/mol. The third-order valence-corrected chi connectivity index (χ3v) is 4.05. The predicted octanol–water partition coefficient (Wildman–Crippen LogP) is 4.37. The number of nitrogens with zero attached hydrogens (tertiary/aromatic N) is 2. The van der Waals surface area contributed by atoms with Gasteiger partial charge in [-0.05, 0) is 36.8 Å². The Bertz CT molecular complexity index is 888. The van der Waals surface area contributed by atoms with Crippen LogP contribution >= 0.6 is 0 Å². The van der Waals surface area contributed by atoms with Crippen molar-refractivity contribution in [3.8, 4) is 0 Å². The van der Waals surface area contributed by atoms with Crippen LogP contribution in [0.15, 0.2) is 53.1 Å². The summed E-state index contributed by atoms with van der Waals surface area (Å²) in [5, 5.41) is 10.2. The summed E-state index contributed by atoms with van der Waals surface area (Å²) >= 11 is 0. The second-order valence-electron chi connectivity index (χ2n) is 6.35. The van der Waals surface area contributed by atoms with Crippen LogP contribution in [0.2, 0.25) is 0 Å². The first-order chi connectivity index (χ1) is 12.5. The Morgan fingerprint density at radius 1 is 1.08 bits per heavy atom. The maximum atomic E-state index is 12.4. The maximum Gasteiger partial charge on any atom is 0.255 e. The van der Waals surface area contributed by atoms with E-state index in [2.05, 4.69) is 20.8 Å². The van der Waals surface area contributed by atoms with E-state index < -0.39 is 0 Å². The lowest BCUT2D eigenvalue weighted by Gasteiger charge is -2.13. The van der Waals surface area contributed by atoms with Gasteiger partial charge in [0.1, 0.15) is 0 Å². The molecule has 134 valence electrons. The van der Waals surface area contributed by atoms with Gasteiger partial charge in [0.15, 0.2) is 5.82 Å². The Morgan fingerprint density at radius 3 is 2.50 bits per heavy atom. The third kappa shape index (κ3) is 4.08. The van der Waals surface area contributed by atoms with Crippen molar-refractivity contribution in [1.29, 1.82) is 0 Å². The smallest absolute Gasteiger partial charge is 0.255 e. The van der Waals surface area contributed by atoms with Crippen LogP contribution in [0, 0.1) is 6.92 Å². The highest BCUT2D eigenvalue weighted by molar-refractivity contribution is 6.04. The number of amides is 1.